The number of nitrogens with zero attached hydrogens (tertiary/aromatic N) is 2. The minimum atomic E-state index is 0.465. The maximum atomic E-state index is 5.39. The number of methoxy groups -OCH3 is 1. The van der Waals surface area contributed by atoms with Crippen LogP contribution in [-0.2, 0) is 0 Å². The topological polar surface area (TPSA) is 25.4 Å². The van der Waals surface area contributed by atoms with E-state index in [4.69, 9.17) is 4.74 Å². The van der Waals surface area contributed by atoms with E-state index in [2.05, 4.69) is 29.8 Å². The predicted octanol–water partition coefficient (Wildman–Crippen LogP) is 3.03. The summed E-state index contributed by atoms with van der Waals surface area (Å²) in [5.41, 5.74) is 1.24. The number of ether oxygens (including phenoxy) is 1. The Morgan fingerprint density at radius 3 is 2.94 bits per heavy atom. The minimum absolute atomic E-state index is 0.465. The Hall–Kier alpha value is -1.09. The fraction of sp³-hybridized carbons (Fsp3) is 0.643. The highest BCUT2D eigenvalue weighted by molar-refractivity contribution is 5.29. The monoisotopic (exact) mass is 234 g/mol. The molecule has 3 heteroatoms. The number of piperidine rings is 1. The van der Waals surface area contributed by atoms with Gasteiger partial charge in [0, 0.05) is 23.8 Å². The molecule has 0 bridgehead atoms. The van der Waals surface area contributed by atoms with E-state index in [1.165, 1.54) is 31.4 Å². The van der Waals surface area contributed by atoms with Crippen molar-refractivity contribution in [1.29, 1.82) is 0 Å². The number of likely N-dealkylation sites (tertiary alicyclic amines) is 1. The fourth-order valence-corrected chi connectivity index (χ4v) is 2.73. The first-order valence-electron chi connectivity index (χ1n) is 6.48. The van der Waals surface area contributed by atoms with Crippen molar-refractivity contribution in [3.63, 3.8) is 0 Å². The fourth-order valence-electron chi connectivity index (χ4n) is 2.73. The van der Waals surface area contributed by atoms with Crippen molar-refractivity contribution >= 4 is 0 Å². The van der Waals surface area contributed by atoms with E-state index in [-0.39, 0.29) is 0 Å². The summed E-state index contributed by atoms with van der Waals surface area (Å²) in [6.45, 7) is 5.71. The van der Waals surface area contributed by atoms with Gasteiger partial charge in [-0.15, -0.1) is 0 Å². The maximum absolute atomic E-state index is 5.39. The lowest BCUT2D eigenvalue weighted by Gasteiger charge is -2.39. The molecule has 2 rings (SSSR count). The molecule has 0 spiro atoms. The average Bonchev–Trinajstić information content (AvgIpc) is 2.38. The van der Waals surface area contributed by atoms with Crippen molar-refractivity contribution in [2.45, 2.75) is 45.2 Å². The smallest absolute Gasteiger partial charge is 0.217 e. The largest absolute Gasteiger partial charge is 0.481 e. The summed E-state index contributed by atoms with van der Waals surface area (Å²) in [6, 6.07) is 5.19. The van der Waals surface area contributed by atoms with Crippen molar-refractivity contribution in [2.75, 3.05) is 13.7 Å². The molecule has 1 aromatic heterocycles. The van der Waals surface area contributed by atoms with E-state index in [0.29, 0.717) is 12.1 Å². The summed E-state index contributed by atoms with van der Waals surface area (Å²) in [5.74, 6) is 0.782. The molecule has 0 saturated carbocycles. The summed E-state index contributed by atoms with van der Waals surface area (Å²) in [7, 11) is 1.70. The zero-order valence-corrected chi connectivity index (χ0v) is 11.0. The van der Waals surface area contributed by atoms with Crippen molar-refractivity contribution in [3.05, 3.63) is 23.9 Å². The summed E-state index contributed by atoms with van der Waals surface area (Å²) < 4.78 is 5.39. The van der Waals surface area contributed by atoms with E-state index in [1.807, 2.05) is 6.07 Å². The summed E-state index contributed by atoms with van der Waals surface area (Å²) in [4.78, 5) is 6.88. The molecule has 1 aliphatic heterocycles. The quantitative estimate of drug-likeness (QED) is 0.804. The lowest BCUT2D eigenvalue weighted by Crippen LogP contribution is -2.38. The number of rotatable bonds is 3. The van der Waals surface area contributed by atoms with Crippen LogP contribution in [-0.4, -0.2) is 29.6 Å². The molecule has 0 radical (unpaired) electrons. The molecule has 1 aliphatic rings. The molecule has 1 aromatic rings. The number of pyridine rings is 1. The second-order valence-corrected chi connectivity index (χ2v) is 4.95. The van der Waals surface area contributed by atoms with Crippen LogP contribution in [0.15, 0.2) is 18.3 Å². The van der Waals surface area contributed by atoms with Gasteiger partial charge < -0.3 is 4.74 Å². The van der Waals surface area contributed by atoms with E-state index >= 15 is 0 Å². The van der Waals surface area contributed by atoms with Gasteiger partial charge in [-0.05, 0) is 39.3 Å². The molecule has 2 heterocycles. The lowest BCUT2D eigenvalue weighted by atomic mass is 9.94. The van der Waals surface area contributed by atoms with Crippen molar-refractivity contribution < 1.29 is 4.74 Å². The Kier molecular flexibility index (Phi) is 4.00. The van der Waals surface area contributed by atoms with Crippen molar-refractivity contribution in [3.8, 4) is 5.88 Å². The SMILES string of the molecule is COc1ncccc1[C@@H]1CCCCN1C(C)C. The average molecular weight is 234 g/mol. The predicted molar refractivity (Wildman–Crippen MR) is 69.2 cm³/mol. The molecule has 0 unspecified atom stereocenters. The second kappa shape index (κ2) is 5.50. The minimum Gasteiger partial charge on any atom is -0.481 e. The van der Waals surface area contributed by atoms with Crippen LogP contribution in [0.25, 0.3) is 0 Å². The van der Waals surface area contributed by atoms with Gasteiger partial charge in [0.1, 0.15) is 0 Å². The Balaban J connectivity index is 2.29. The molecular formula is C14H22N2O. The van der Waals surface area contributed by atoms with Crippen LogP contribution >= 0.6 is 0 Å². The first kappa shape index (κ1) is 12.4. The first-order valence-corrected chi connectivity index (χ1v) is 6.48. The highest BCUT2D eigenvalue weighted by atomic mass is 16.5. The van der Waals surface area contributed by atoms with Gasteiger partial charge in [0.2, 0.25) is 5.88 Å². The molecule has 1 atom stereocenters. The van der Waals surface area contributed by atoms with Gasteiger partial charge in [-0.3, -0.25) is 4.90 Å². The highest BCUT2D eigenvalue weighted by Crippen LogP contribution is 2.35. The van der Waals surface area contributed by atoms with Gasteiger partial charge in [0.15, 0.2) is 0 Å². The van der Waals surface area contributed by atoms with Gasteiger partial charge in [0.05, 0.1) is 7.11 Å². The highest BCUT2D eigenvalue weighted by Gasteiger charge is 2.28. The second-order valence-electron chi connectivity index (χ2n) is 4.95. The third-order valence-corrected chi connectivity index (χ3v) is 3.56. The number of hydrogen-bond donors (Lipinski definition) is 0. The van der Waals surface area contributed by atoms with Crippen LogP contribution in [0.1, 0.15) is 44.7 Å². The normalized spacial score (nSPS) is 21.8. The van der Waals surface area contributed by atoms with Gasteiger partial charge >= 0.3 is 0 Å². The van der Waals surface area contributed by atoms with E-state index in [1.54, 1.807) is 13.3 Å². The number of hydrogen-bond acceptors (Lipinski definition) is 3. The van der Waals surface area contributed by atoms with Crippen LogP contribution < -0.4 is 4.74 Å². The number of aromatic nitrogens is 1. The van der Waals surface area contributed by atoms with Crippen LogP contribution in [0.3, 0.4) is 0 Å². The van der Waals surface area contributed by atoms with Crippen LogP contribution in [0.4, 0.5) is 0 Å². The van der Waals surface area contributed by atoms with E-state index in [0.717, 1.165) is 5.88 Å². The van der Waals surface area contributed by atoms with E-state index in [9.17, 15) is 0 Å². The summed E-state index contributed by atoms with van der Waals surface area (Å²) in [6.07, 6.45) is 5.61. The lowest BCUT2D eigenvalue weighted by molar-refractivity contribution is 0.109. The van der Waals surface area contributed by atoms with Gasteiger partial charge in [-0.1, -0.05) is 12.5 Å². The Bertz CT molecular complexity index is 365. The maximum Gasteiger partial charge on any atom is 0.217 e. The van der Waals surface area contributed by atoms with Crippen molar-refractivity contribution in [2.24, 2.45) is 0 Å². The van der Waals surface area contributed by atoms with Gasteiger partial charge in [0.25, 0.3) is 0 Å². The molecule has 0 N–H and O–H groups in total. The van der Waals surface area contributed by atoms with Crippen LogP contribution in [0, 0.1) is 0 Å². The third-order valence-electron chi connectivity index (χ3n) is 3.56. The summed E-state index contributed by atoms with van der Waals surface area (Å²) >= 11 is 0. The van der Waals surface area contributed by atoms with Gasteiger partial charge in [-0.25, -0.2) is 4.98 Å². The molecule has 94 valence electrons. The molecule has 0 amide bonds. The van der Waals surface area contributed by atoms with E-state index < -0.39 is 0 Å². The Morgan fingerprint density at radius 2 is 2.24 bits per heavy atom. The molecule has 0 aliphatic carbocycles. The summed E-state index contributed by atoms with van der Waals surface area (Å²) in [5, 5.41) is 0. The molecular weight excluding hydrogens is 212 g/mol. The van der Waals surface area contributed by atoms with Gasteiger partial charge in [-0.2, -0.15) is 0 Å². The third kappa shape index (κ3) is 2.60. The molecule has 1 saturated heterocycles. The molecule has 17 heavy (non-hydrogen) atoms. The molecule has 0 aromatic carbocycles. The standard InChI is InChI=1S/C14H22N2O/c1-11(2)16-10-5-4-8-13(16)12-7-6-9-15-14(12)17-3/h6-7,9,11,13H,4-5,8,10H2,1-3H3/t13-/m0/s1. The Morgan fingerprint density at radius 1 is 1.41 bits per heavy atom. The molecule has 3 nitrogen and oxygen atoms in total. The zero-order valence-electron chi connectivity index (χ0n) is 11.0. The van der Waals surface area contributed by atoms with Crippen molar-refractivity contribution in [1.82, 2.24) is 9.88 Å². The zero-order chi connectivity index (χ0) is 12.3. The molecule has 1 fully saturated rings. The first-order chi connectivity index (χ1) is 8.24. The van der Waals surface area contributed by atoms with Crippen LogP contribution in [0.2, 0.25) is 0 Å². The van der Waals surface area contributed by atoms with Crippen LogP contribution in [0.5, 0.6) is 5.88 Å². The Labute approximate surface area is 104 Å².